The van der Waals surface area contributed by atoms with Crippen LogP contribution in [0.1, 0.15) is 18.4 Å². The Bertz CT molecular complexity index is 891. The standard InChI is InChI=1S/C19H23NO4S/c1-24-18-9-7-14-5-3-4-6-16(14)17(18)8-10-19(21)20-12-11-15(13-20)25(2,22)23/h3-7,9,15H,8,10-13H2,1-2H3. The Hall–Kier alpha value is -2.08. The minimum Gasteiger partial charge on any atom is -0.496 e. The van der Waals surface area contributed by atoms with Crippen LogP contribution in [-0.2, 0) is 21.1 Å². The average molecular weight is 361 g/mol. The number of methoxy groups -OCH3 is 1. The van der Waals surface area contributed by atoms with Crippen molar-refractivity contribution in [1.29, 1.82) is 0 Å². The van der Waals surface area contributed by atoms with Gasteiger partial charge in [-0.1, -0.05) is 30.3 Å². The topological polar surface area (TPSA) is 63.7 Å². The van der Waals surface area contributed by atoms with Gasteiger partial charge in [0.25, 0.3) is 0 Å². The first kappa shape index (κ1) is 17.7. The fourth-order valence-corrected chi connectivity index (χ4v) is 4.44. The van der Waals surface area contributed by atoms with Crippen molar-refractivity contribution in [2.75, 3.05) is 26.5 Å². The maximum atomic E-state index is 12.5. The SMILES string of the molecule is COc1ccc2ccccc2c1CCC(=O)N1CCC(S(C)(=O)=O)C1. The fraction of sp³-hybridized carbons (Fsp3) is 0.421. The third-order valence-corrected chi connectivity index (χ3v) is 6.51. The summed E-state index contributed by atoms with van der Waals surface area (Å²) >= 11 is 0. The lowest BCUT2D eigenvalue weighted by molar-refractivity contribution is -0.130. The molecule has 1 atom stereocenters. The van der Waals surface area contributed by atoms with Crippen LogP contribution in [-0.4, -0.2) is 50.9 Å². The van der Waals surface area contributed by atoms with Crippen LogP contribution >= 0.6 is 0 Å². The molecule has 1 unspecified atom stereocenters. The van der Waals surface area contributed by atoms with Crippen LogP contribution in [0.5, 0.6) is 5.75 Å². The minimum absolute atomic E-state index is 0.00105. The monoisotopic (exact) mass is 361 g/mol. The van der Waals surface area contributed by atoms with Gasteiger partial charge in [0.1, 0.15) is 5.75 Å². The van der Waals surface area contributed by atoms with Crippen LogP contribution < -0.4 is 4.74 Å². The zero-order valence-corrected chi connectivity index (χ0v) is 15.4. The molecule has 0 radical (unpaired) electrons. The van der Waals surface area contributed by atoms with Crippen LogP contribution in [0.2, 0.25) is 0 Å². The van der Waals surface area contributed by atoms with Gasteiger partial charge in [0.2, 0.25) is 5.91 Å². The molecule has 5 nitrogen and oxygen atoms in total. The number of carbonyl (C=O) groups is 1. The number of fused-ring (bicyclic) bond motifs is 1. The van der Waals surface area contributed by atoms with Crippen LogP contribution in [0, 0.1) is 0 Å². The summed E-state index contributed by atoms with van der Waals surface area (Å²) in [4.78, 5) is 14.2. The van der Waals surface area contributed by atoms with E-state index in [9.17, 15) is 13.2 Å². The van der Waals surface area contributed by atoms with Crippen LogP contribution in [0.4, 0.5) is 0 Å². The first-order chi connectivity index (χ1) is 11.9. The summed E-state index contributed by atoms with van der Waals surface area (Å²) in [6.07, 6.45) is 2.69. The minimum atomic E-state index is -3.09. The molecule has 0 N–H and O–H groups in total. The molecule has 0 saturated carbocycles. The van der Waals surface area contributed by atoms with Crippen molar-refractivity contribution in [2.45, 2.75) is 24.5 Å². The lowest BCUT2D eigenvalue weighted by Gasteiger charge is -2.17. The van der Waals surface area contributed by atoms with Gasteiger partial charge in [0.15, 0.2) is 9.84 Å². The molecule has 25 heavy (non-hydrogen) atoms. The van der Waals surface area contributed by atoms with Gasteiger partial charge in [-0.2, -0.15) is 0 Å². The highest BCUT2D eigenvalue weighted by atomic mass is 32.2. The number of likely N-dealkylation sites (tertiary alicyclic amines) is 1. The number of carbonyl (C=O) groups excluding carboxylic acids is 1. The number of hydrogen-bond donors (Lipinski definition) is 0. The summed E-state index contributed by atoms with van der Waals surface area (Å²) in [5.41, 5.74) is 1.02. The number of nitrogens with zero attached hydrogens (tertiary/aromatic N) is 1. The van der Waals surface area contributed by atoms with Crippen LogP contribution in [0.25, 0.3) is 10.8 Å². The van der Waals surface area contributed by atoms with E-state index in [1.807, 2.05) is 36.4 Å². The summed E-state index contributed by atoms with van der Waals surface area (Å²) < 4.78 is 28.8. The van der Waals surface area contributed by atoms with Crippen molar-refractivity contribution in [1.82, 2.24) is 4.90 Å². The molecule has 1 saturated heterocycles. The van der Waals surface area contributed by atoms with E-state index in [4.69, 9.17) is 4.74 Å². The molecular formula is C19H23NO4S. The number of sulfone groups is 1. The molecule has 3 rings (SSSR count). The Morgan fingerprint density at radius 1 is 1.24 bits per heavy atom. The average Bonchev–Trinajstić information content (AvgIpc) is 3.09. The lowest BCUT2D eigenvalue weighted by Crippen LogP contribution is -2.31. The number of amides is 1. The quantitative estimate of drug-likeness (QED) is 0.820. The lowest BCUT2D eigenvalue weighted by atomic mass is 9.99. The highest BCUT2D eigenvalue weighted by Gasteiger charge is 2.32. The Balaban J connectivity index is 1.74. The first-order valence-electron chi connectivity index (χ1n) is 8.41. The van der Waals surface area contributed by atoms with E-state index in [1.165, 1.54) is 6.26 Å². The van der Waals surface area contributed by atoms with Crippen LogP contribution in [0.15, 0.2) is 36.4 Å². The Morgan fingerprint density at radius 2 is 2.00 bits per heavy atom. The van der Waals surface area contributed by atoms with E-state index >= 15 is 0 Å². The first-order valence-corrected chi connectivity index (χ1v) is 10.4. The molecule has 0 aliphatic carbocycles. The maximum Gasteiger partial charge on any atom is 0.222 e. The van der Waals surface area contributed by atoms with Gasteiger partial charge in [0, 0.05) is 31.3 Å². The normalized spacial score (nSPS) is 17.8. The second-order valence-corrected chi connectivity index (χ2v) is 8.87. The van der Waals surface area contributed by atoms with E-state index in [0.717, 1.165) is 22.1 Å². The highest BCUT2D eigenvalue weighted by Crippen LogP contribution is 2.29. The molecule has 1 heterocycles. The maximum absolute atomic E-state index is 12.5. The Morgan fingerprint density at radius 3 is 2.68 bits per heavy atom. The van der Waals surface area contributed by atoms with Crippen molar-refractivity contribution in [3.8, 4) is 5.75 Å². The predicted octanol–water partition coefficient (Wildman–Crippen LogP) is 2.43. The fourth-order valence-electron chi connectivity index (χ4n) is 3.46. The van der Waals surface area contributed by atoms with Crippen molar-refractivity contribution in [3.63, 3.8) is 0 Å². The van der Waals surface area contributed by atoms with E-state index in [1.54, 1.807) is 12.0 Å². The molecule has 1 aliphatic heterocycles. The molecule has 1 aliphatic rings. The summed E-state index contributed by atoms with van der Waals surface area (Å²) in [6, 6.07) is 12.0. The molecule has 0 aromatic heterocycles. The van der Waals surface area contributed by atoms with Crippen LogP contribution in [0.3, 0.4) is 0 Å². The van der Waals surface area contributed by atoms with E-state index < -0.39 is 15.1 Å². The van der Waals surface area contributed by atoms with Gasteiger partial charge in [-0.3, -0.25) is 4.79 Å². The third-order valence-electron chi connectivity index (χ3n) is 4.91. The number of aryl methyl sites for hydroxylation is 1. The van der Waals surface area contributed by atoms with Crippen molar-refractivity contribution < 1.29 is 17.9 Å². The van der Waals surface area contributed by atoms with E-state index in [0.29, 0.717) is 32.4 Å². The van der Waals surface area contributed by atoms with Gasteiger partial charge in [-0.25, -0.2) is 8.42 Å². The molecule has 2 aromatic rings. The number of ether oxygens (including phenoxy) is 1. The summed E-state index contributed by atoms with van der Waals surface area (Å²) in [5, 5.41) is 1.78. The van der Waals surface area contributed by atoms with Crippen molar-refractivity contribution >= 4 is 26.5 Å². The Kier molecular flexibility index (Phi) is 4.99. The van der Waals surface area contributed by atoms with Gasteiger partial charge < -0.3 is 9.64 Å². The van der Waals surface area contributed by atoms with E-state index in [-0.39, 0.29) is 5.91 Å². The molecular weight excluding hydrogens is 338 g/mol. The molecule has 0 spiro atoms. The molecule has 1 fully saturated rings. The predicted molar refractivity (Wildman–Crippen MR) is 98.6 cm³/mol. The summed E-state index contributed by atoms with van der Waals surface area (Å²) in [7, 11) is -1.46. The molecule has 0 bridgehead atoms. The van der Waals surface area contributed by atoms with Crippen molar-refractivity contribution in [2.24, 2.45) is 0 Å². The van der Waals surface area contributed by atoms with Gasteiger partial charge >= 0.3 is 0 Å². The second kappa shape index (κ2) is 7.04. The highest BCUT2D eigenvalue weighted by molar-refractivity contribution is 7.91. The van der Waals surface area contributed by atoms with Gasteiger partial charge in [-0.15, -0.1) is 0 Å². The Labute approximate surface area is 148 Å². The van der Waals surface area contributed by atoms with Crippen molar-refractivity contribution in [3.05, 3.63) is 42.0 Å². The smallest absolute Gasteiger partial charge is 0.222 e. The molecule has 2 aromatic carbocycles. The third kappa shape index (κ3) is 3.79. The summed E-state index contributed by atoms with van der Waals surface area (Å²) in [5.74, 6) is 0.781. The second-order valence-electron chi connectivity index (χ2n) is 6.55. The number of rotatable bonds is 5. The number of hydrogen-bond acceptors (Lipinski definition) is 4. The van der Waals surface area contributed by atoms with Gasteiger partial charge in [0.05, 0.1) is 12.4 Å². The van der Waals surface area contributed by atoms with Gasteiger partial charge in [-0.05, 0) is 29.7 Å². The molecule has 134 valence electrons. The zero-order valence-electron chi connectivity index (χ0n) is 14.6. The van der Waals surface area contributed by atoms with E-state index in [2.05, 4.69) is 0 Å². The number of benzene rings is 2. The zero-order chi connectivity index (χ0) is 18.0. The summed E-state index contributed by atoms with van der Waals surface area (Å²) in [6.45, 7) is 0.827. The molecule has 1 amide bonds. The molecule has 6 heteroatoms. The largest absolute Gasteiger partial charge is 0.496 e.